The Morgan fingerprint density at radius 3 is 2.48 bits per heavy atom. The average Bonchev–Trinajstić information content (AvgIpc) is 2.51. The predicted octanol–water partition coefficient (Wildman–Crippen LogP) is 4.55. The van der Waals surface area contributed by atoms with Crippen LogP contribution in [0.4, 0.5) is 24.7 Å². The van der Waals surface area contributed by atoms with Crippen LogP contribution in [-0.2, 0) is 0 Å². The fourth-order valence-corrected chi connectivity index (χ4v) is 2.68. The Kier molecular flexibility index (Phi) is 4.26. The highest BCUT2D eigenvalue weighted by Crippen LogP contribution is 2.26. The van der Waals surface area contributed by atoms with Crippen LogP contribution in [0.3, 0.4) is 0 Å². The smallest absolute Gasteiger partial charge is 0.202 e. The van der Waals surface area contributed by atoms with Gasteiger partial charge in [0.1, 0.15) is 28.8 Å². The van der Waals surface area contributed by atoms with Crippen molar-refractivity contribution in [3.63, 3.8) is 0 Å². The zero-order valence-corrected chi connectivity index (χ0v) is 13.5. The van der Waals surface area contributed by atoms with Gasteiger partial charge in [0.2, 0.25) is 5.43 Å². The second-order valence-electron chi connectivity index (χ2n) is 5.32. The lowest BCUT2D eigenvalue weighted by Crippen LogP contribution is -2.18. The summed E-state index contributed by atoms with van der Waals surface area (Å²) in [7, 11) is 0. The molecule has 0 aliphatic carbocycles. The van der Waals surface area contributed by atoms with Crippen molar-refractivity contribution < 1.29 is 18.0 Å². The first kappa shape index (κ1) is 17.0. The van der Waals surface area contributed by atoms with Crippen LogP contribution in [0.1, 0.15) is 17.3 Å². The molecule has 0 fully saturated rings. The van der Waals surface area contributed by atoms with Crippen LogP contribution >= 0.6 is 11.6 Å². The van der Waals surface area contributed by atoms with Gasteiger partial charge in [0.25, 0.3) is 0 Å². The Hall–Kier alpha value is -2.80. The molecule has 0 amide bonds. The molecule has 0 saturated carbocycles. The Morgan fingerprint density at radius 1 is 1.12 bits per heavy atom. The largest absolute Gasteiger partial charge is 0.339 e. The van der Waals surface area contributed by atoms with E-state index in [1.165, 1.54) is 6.07 Å². The summed E-state index contributed by atoms with van der Waals surface area (Å²) < 4.78 is 41.0. The first-order valence-electron chi connectivity index (χ1n) is 7.06. The summed E-state index contributed by atoms with van der Waals surface area (Å²) in [5.41, 5.74) is -1.46. The summed E-state index contributed by atoms with van der Waals surface area (Å²) in [6.07, 6.45) is 0. The number of hydrogen-bond donors (Lipinski definition) is 2. The Bertz CT molecular complexity index is 1080. The number of nitrogens with one attached hydrogen (secondary N) is 2. The maximum absolute atomic E-state index is 14.1. The highest BCUT2D eigenvalue weighted by Gasteiger charge is 2.19. The minimum Gasteiger partial charge on any atom is -0.339 e. The lowest BCUT2D eigenvalue weighted by molar-refractivity contribution is 0.101. The summed E-state index contributed by atoms with van der Waals surface area (Å²) in [5.74, 6) is -3.35. The second-order valence-corrected chi connectivity index (χ2v) is 5.76. The van der Waals surface area contributed by atoms with Crippen LogP contribution in [0.25, 0.3) is 10.9 Å². The number of H-pyrrole nitrogens is 1. The van der Waals surface area contributed by atoms with Gasteiger partial charge in [-0.2, -0.15) is 0 Å². The molecule has 25 heavy (non-hydrogen) atoms. The van der Waals surface area contributed by atoms with Gasteiger partial charge in [-0.3, -0.25) is 9.59 Å². The molecule has 0 unspecified atom stereocenters. The standard InChI is InChI=1S/C17H10ClF3N2O2/c1-7(24)14-16(25)10-4-8(18)5-12(21)15(10)23-17(14)22-13-3-2-9(19)6-11(13)20/h2-6H,1H3,(H2,22,23,25). The molecule has 0 bridgehead atoms. The first-order chi connectivity index (χ1) is 11.8. The molecule has 0 atom stereocenters. The number of fused-ring (bicyclic) bond motifs is 1. The summed E-state index contributed by atoms with van der Waals surface area (Å²) in [4.78, 5) is 27.0. The van der Waals surface area contributed by atoms with E-state index in [-0.39, 0.29) is 33.0 Å². The molecule has 2 N–H and O–H groups in total. The van der Waals surface area contributed by atoms with E-state index in [1.807, 2.05) is 0 Å². The van der Waals surface area contributed by atoms with Gasteiger partial charge in [0.05, 0.1) is 16.6 Å². The molecule has 0 saturated heterocycles. The highest BCUT2D eigenvalue weighted by atomic mass is 35.5. The van der Waals surface area contributed by atoms with Crippen molar-refractivity contribution in [1.29, 1.82) is 0 Å². The second kappa shape index (κ2) is 6.25. The quantitative estimate of drug-likeness (QED) is 0.669. The molecule has 0 spiro atoms. The van der Waals surface area contributed by atoms with E-state index < -0.39 is 28.7 Å². The van der Waals surface area contributed by atoms with E-state index in [1.54, 1.807) is 0 Å². The van der Waals surface area contributed by atoms with Crippen molar-refractivity contribution in [1.82, 2.24) is 4.98 Å². The summed E-state index contributed by atoms with van der Waals surface area (Å²) in [6.45, 7) is 1.14. The van der Waals surface area contributed by atoms with Crippen molar-refractivity contribution >= 4 is 39.8 Å². The normalized spacial score (nSPS) is 10.9. The fraction of sp³-hybridized carbons (Fsp3) is 0.0588. The van der Waals surface area contributed by atoms with E-state index in [0.29, 0.717) is 6.07 Å². The van der Waals surface area contributed by atoms with Crippen LogP contribution < -0.4 is 10.7 Å². The molecule has 0 radical (unpaired) electrons. The first-order valence-corrected chi connectivity index (χ1v) is 7.43. The molecule has 0 aliphatic heterocycles. The highest BCUT2D eigenvalue weighted by molar-refractivity contribution is 6.31. The minimum absolute atomic E-state index is 0.00436. The number of ketones is 1. The number of aromatic nitrogens is 1. The van der Waals surface area contributed by atoms with Gasteiger partial charge in [-0.25, -0.2) is 13.2 Å². The molecule has 2 aromatic carbocycles. The number of pyridine rings is 1. The van der Waals surface area contributed by atoms with Crippen LogP contribution in [0, 0.1) is 17.5 Å². The Morgan fingerprint density at radius 2 is 1.84 bits per heavy atom. The van der Waals surface area contributed by atoms with Crippen LogP contribution in [0.2, 0.25) is 5.02 Å². The van der Waals surface area contributed by atoms with Crippen molar-refractivity contribution in [3.8, 4) is 0 Å². The van der Waals surface area contributed by atoms with Gasteiger partial charge in [0.15, 0.2) is 5.78 Å². The fourth-order valence-electron chi connectivity index (χ4n) is 2.47. The average molecular weight is 367 g/mol. The molecule has 3 rings (SSSR count). The number of benzene rings is 2. The van der Waals surface area contributed by atoms with Gasteiger partial charge in [0, 0.05) is 11.1 Å². The van der Waals surface area contributed by atoms with Crippen molar-refractivity contribution in [2.45, 2.75) is 6.92 Å². The maximum Gasteiger partial charge on any atom is 0.202 e. The Balaban J connectivity index is 2.28. The van der Waals surface area contributed by atoms with E-state index in [4.69, 9.17) is 11.6 Å². The monoisotopic (exact) mass is 366 g/mol. The summed E-state index contributed by atoms with van der Waals surface area (Å²) in [6, 6.07) is 4.95. The molecule has 3 aromatic rings. The SMILES string of the molecule is CC(=O)c1c(Nc2ccc(F)cc2F)[nH]c2c(F)cc(Cl)cc2c1=O. The third kappa shape index (κ3) is 3.10. The number of halogens is 4. The topological polar surface area (TPSA) is 62.0 Å². The van der Waals surface area contributed by atoms with Crippen molar-refractivity contribution in [3.05, 3.63) is 68.6 Å². The Labute approximate surface area is 144 Å². The number of hydrogen-bond acceptors (Lipinski definition) is 3. The lowest BCUT2D eigenvalue weighted by Gasteiger charge is -2.13. The third-order valence-electron chi connectivity index (χ3n) is 3.57. The van der Waals surface area contributed by atoms with Crippen LogP contribution in [-0.4, -0.2) is 10.8 Å². The van der Waals surface area contributed by atoms with Gasteiger partial charge in [-0.15, -0.1) is 0 Å². The van der Waals surface area contributed by atoms with Crippen molar-refractivity contribution in [2.75, 3.05) is 5.32 Å². The summed E-state index contributed by atoms with van der Waals surface area (Å²) >= 11 is 5.75. The zero-order chi connectivity index (χ0) is 18.3. The lowest BCUT2D eigenvalue weighted by atomic mass is 10.1. The molecular formula is C17H10ClF3N2O2. The van der Waals surface area contributed by atoms with Gasteiger partial charge in [-0.1, -0.05) is 11.6 Å². The number of anilines is 2. The number of carbonyl (C=O) groups is 1. The van der Waals surface area contributed by atoms with Gasteiger partial charge >= 0.3 is 0 Å². The molecule has 4 nitrogen and oxygen atoms in total. The minimum atomic E-state index is -0.938. The van der Waals surface area contributed by atoms with Crippen LogP contribution in [0.5, 0.6) is 0 Å². The molecular weight excluding hydrogens is 357 g/mol. The van der Waals surface area contributed by atoms with E-state index in [0.717, 1.165) is 25.1 Å². The third-order valence-corrected chi connectivity index (χ3v) is 3.79. The van der Waals surface area contributed by atoms with E-state index in [2.05, 4.69) is 10.3 Å². The molecule has 1 aromatic heterocycles. The molecule has 0 aliphatic rings. The maximum atomic E-state index is 14.1. The van der Waals surface area contributed by atoms with Crippen LogP contribution in [0.15, 0.2) is 35.1 Å². The van der Waals surface area contributed by atoms with Crippen molar-refractivity contribution in [2.24, 2.45) is 0 Å². The van der Waals surface area contributed by atoms with Gasteiger partial charge < -0.3 is 10.3 Å². The zero-order valence-electron chi connectivity index (χ0n) is 12.7. The number of rotatable bonds is 3. The number of Topliss-reactive ketones (excluding diaryl/α,β-unsaturated/α-hetero) is 1. The predicted molar refractivity (Wildman–Crippen MR) is 89.2 cm³/mol. The van der Waals surface area contributed by atoms with Gasteiger partial charge in [-0.05, 0) is 31.2 Å². The number of carbonyl (C=O) groups excluding carboxylic acids is 1. The number of aromatic amines is 1. The summed E-state index contributed by atoms with van der Waals surface area (Å²) in [5, 5.41) is 2.39. The van der Waals surface area contributed by atoms with E-state index >= 15 is 0 Å². The molecule has 128 valence electrons. The van der Waals surface area contributed by atoms with E-state index in [9.17, 15) is 22.8 Å². The molecule has 1 heterocycles. The molecule has 8 heteroatoms.